The number of aliphatic hydroxyl groups excluding tert-OH is 5. The first-order valence-electron chi connectivity index (χ1n) is 40.8. The summed E-state index contributed by atoms with van der Waals surface area (Å²) in [5.74, 6) is -0.170. The summed E-state index contributed by atoms with van der Waals surface area (Å²) >= 11 is 0. The molecule has 1 rings (SSSR count). The molecule has 0 radical (unpaired) electrons. The Kier molecular flexibility index (Phi) is 69.5. The number of carbonyl (C=O) groups is 1. The highest BCUT2D eigenvalue weighted by Crippen LogP contribution is 2.24. The van der Waals surface area contributed by atoms with Crippen molar-refractivity contribution in [3.63, 3.8) is 0 Å². The first-order valence-corrected chi connectivity index (χ1v) is 40.8. The van der Waals surface area contributed by atoms with E-state index in [0.29, 0.717) is 6.42 Å². The molecule has 9 nitrogen and oxygen atoms in total. The average molecular weight is 1320 g/mol. The van der Waals surface area contributed by atoms with Gasteiger partial charge >= 0.3 is 0 Å². The van der Waals surface area contributed by atoms with Gasteiger partial charge in [0.25, 0.3) is 0 Å². The number of amides is 1. The van der Waals surface area contributed by atoms with Crippen LogP contribution in [0.5, 0.6) is 0 Å². The van der Waals surface area contributed by atoms with Gasteiger partial charge in [-0.25, -0.2) is 0 Å². The smallest absolute Gasteiger partial charge is 0.220 e. The molecule has 1 saturated heterocycles. The summed E-state index contributed by atoms with van der Waals surface area (Å²) in [5, 5.41) is 54.9. The van der Waals surface area contributed by atoms with Crippen LogP contribution in [0.3, 0.4) is 0 Å². The molecule has 1 aliphatic rings. The summed E-state index contributed by atoms with van der Waals surface area (Å²) in [6.45, 7) is 3.72. The molecule has 1 amide bonds. The number of nitrogens with one attached hydrogen (secondary N) is 1. The first kappa shape index (κ1) is 89.4. The summed E-state index contributed by atoms with van der Waals surface area (Å²) in [6, 6.07) is -0.808. The summed E-state index contributed by atoms with van der Waals surface area (Å²) in [7, 11) is 0. The zero-order chi connectivity index (χ0) is 67.8. The van der Waals surface area contributed by atoms with Gasteiger partial charge in [0, 0.05) is 6.42 Å². The van der Waals surface area contributed by atoms with Crippen LogP contribution in [0.2, 0.25) is 0 Å². The number of allylic oxidation sites excluding steroid dienone is 13. The number of rotatable bonds is 72. The standard InChI is InChI=1S/C85H155NO8/c1-3-5-7-9-11-13-15-17-19-21-23-25-27-29-31-33-35-36-37-38-39-40-41-42-43-44-45-47-49-51-53-55-57-59-61-63-65-67-69-71-73-75-81(89)86-78(77-93-85-84(92)83(91)82(90)80(76-87)94-85)79(88)74-72-70-68-66-64-62-60-58-56-54-52-50-48-46-34-32-30-28-26-24-22-20-18-16-14-12-10-8-6-4-2/h5,7,11,13,17,19,23,25,29,31,35-36,72,74,78-80,82-85,87-88,90-92H,3-4,6,8-10,12,14-16,18,20-22,24,26-28,30,32-34,37-71,73,75-77H2,1-2H3,(H,86,89)/b7-5-,13-11-,19-17-,25-23-,31-29-,36-35-,74-72+. The number of aliphatic hydroxyl groups is 5. The van der Waals surface area contributed by atoms with Gasteiger partial charge in [0.05, 0.1) is 25.4 Å². The molecule has 7 unspecified atom stereocenters. The van der Waals surface area contributed by atoms with Crippen LogP contribution in [-0.4, -0.2) is 87.5 Å². The Bertz CT molecular complexity index is 1770. The number of unbranched alkanes of at least 4 members (excludes halogenated alkanes) is 50. The predicted molar refractivity (Wildman–Crippen MR) is 405 cm³/mol. The number of carbonyl (C=O) groups excluding carboxylic acids is 1. The minimum absolute atomic E-state index is 0.170. The van der Waals surface area contributed by atoms with Gasteiger partial charge in [0.1, 0.15) is 24.4 Å². The van der Waals surface area contributed by atoms with Crippen LogP contribution >= 0.6 is 0 Å². The molecule has 7 atom stereocenters. The Labute approximate surface area is 581 Å². The predicted octanol–water partition coefficient (Wildman–Crippen LogP) is 23.6. The number of hydrogen-bond acceptors (Lipinski definition) is 8. The fourth-order valence-corrected chi connectivity index (χ4v) is 12.9. The molecule has 548 valence electrons. The molecule has 1 aliphatic heterocycles. The third-order valence-corrected chi connectivity index (χ3v) is 19.2. The van der Waals surface area contributed by atoms with Crippen molar-refractivity contribution in [3.8, 4) is 0 Å². The second-order valence-electron chi connectivity index (χ2n) is 28.2. The third-order valence-electron chi connectivity index (χ3n) is 19.2. The summed E-state index contributed by atoms with van der Waals surface area (Å²) < 4.78 is 11.4. The van der Waals surface area contributed by atoms with Crippen LogP contribution in [-0.2, 0) is 14.3 Å². The van der Waals surface area contributed by atoms with Crippen molar-refractivity contribution in [2.45, 2.75) is 436 Å². The molecule has 0 aromatic rings. The molecule has 1 fully saturated rings. The van der Waals surface area contributed by atoms with Crippen molar-refractivity contribution in [1.29, 1.82) is 0 Å². The molecule has 0 bridgehead atoms. The van der Waals surface area contributed by atoms with Gasteiger partial charge in [0.15, 0.2) is 6.29 Å². The topological polar surface area (TPSA) is 149 Å². The van der Waals surface area contributed by atoms with Crippen molar-refractivity contribution in [2.24, 2.45) is 0 Å². The fraction of sp³-hybridized carbons (Fsp3) is 0.824. The molecule has 0 aromatic carbocycles. The molecular weight excluding hydrogens is 1160 g/mol. The second kappa shape index (κ2) is 73.1. The van der Waals surface area contributed by atoms with E-state index in [9.17, 15) is 30.3 Å². The van der Waals surface area contributed by atoms with Crippen molar-refractivity contribution in [2.75, 3.05) is 13.2 Å². The van der Waals surface area contributed by atoms with E-state index in [1.807, 2.05) is 6.08 Å². The van der Waals surface area contributed by atoms with E-state index in [1.54, 1.807) is 6.08 Å². The molecule has 1 heterocycles. The van der Waals surface area contributed by atoms with Gasteiger partial charge in [-0.1, -0.05) is 401 Å². The van der Waals surface area contributed by atoms with E-state index < -0.39 is 49.5 Å². The average Bonchev–Trinajstić information content (AvgIpc) is 0.831. The Balaban J connectivity index is 2.05. The van der Waals surface area contributed by atoms with Crippen LogP contribution in [0.1, 0.15) is 393 Å². The maximum absolute atomic E-state index is 13.2. The Morgan fingerprint density at radius 1 is 0.372 bits per heavy atom. The van der Waals surface area contributed by atoms with Crippen LogP contribution in [0.4, 0.5) is 0 Å². The molecule has 0 spiro atoms. The lowest BCUT2D eigenvalue weighted by Gasteiger charge is -2.40. The minimum Gasteiger partial charge on any atom is -0.394 e. The Hall–Kier alpha value is -2.63. The van der Waals surface area contributed by atoms with E-state index in [-0.39, 0.29) is 12.5 Å². The maximum atomic E-state index is 13.2. The Morgan fingerprint density at radius 2 is 0.660 bits per heavy atom. The molecule has 6 N–H and O–H groups in total. The van der Waals surface area contributed by atoms with Gasteiger partial charge in [0.2, 0.25) is 5.91 Å². The quantitative estimate of drug-likeness (QED) is 0.0261. The highest BCUT2D eigenvalue weighted by atomic mass is 16.7. The van der Waals surface area contributed by atoms with Crippen LogP contribution in [0.15, 0.2) is 85.1 Å². The van der Waals surface area contributed by atoms with Gasteiger partial charge < -0.3 is 40.3 Å². The van der Waals surface area contributed by atoms with Gasteiger partial charge in [-0.3, -0.25) is 4.79 Å². The highest BCUT2D eigenvalue weighted by Gasteiger charge is 2.44. The fourth-order valence-electron chi connectivity index (χ4n) is 12.9. The molecule has 0 saturated carbocycles. The number of ether oxygens (including phenoxy) is 2. The van der Waals surface area contributed by atoms with E-state index >= 15 is 0 Å². The lowest BCUT2D eigenvalue weighted by molar-refractivity contribution is -0.302. The van der Waals surface area contributed by atoms with Crippen molar-refractivity contribution in [3.05, 3.63) is 85.1 Å². The maximum Gasteiger partial charge on any atom is 0.220 e. The largest absolute Gasteiger partial charge is 0.394 e. The Morgan fingerprint density at radius 3 is 0.979 bits per heavy atom. The highest BCUT2D eigenvalue weighted by molar-refractivity contribution is 5.76. The van der Waals surface area contributed by atoms with Crippen LogP contribution < -0.4 is 5.32 Å². The van der Waals surface area contributed by atoms with Gasteiger partial charge in [-0.05, 0) is 70.6 Å². The third kappa shape index (κ3) is 60.5. The van der Waals surface area contributed by atoms with E-state index in [0.717, 1.165) is 77.0 Å². The molecule has 9 heteroatoms. The van der Waals surface area contributed by atoms with Crippen LogP contribution in [0, 0.1) is 0 Å². The molecule has 94 heavy (non-hydrogen) atoms. The van der Waals surface area contributed by atoms with Gasteiger partial charge in [-0.2, -0.15) is 0 Å². The molecular formula is C85H155NO8. The first-order chi connectivity index (χ1) is 46.3. The zero-order valence-electron chi connectivity index (χ0n) is 61.7. The normalized spacial score (nSPS) is 18.0. The van der Waals surface area contributed by atoms with Crippen LogP contribution in [0.25, 0.3) is 0 Å². The monoisotopic (exact) mass is 1320 g/mol. The summed E-state index contributed by atoms with van der Waals surface area (Å²) in [4.78, 5) is 13.2. The van der Waals surface area contributed by atoms with Crippen molar-refractivity contribution >= 4 is 5.91 Å². The van der Waals surface area contributed by atoms with E-state index in [1.165, 1.54) is 295 Å². The van der Waals surface area contributed by atoms with Crippen molar-refractivity contribution < 1.29 is 39.8 Å². The lowest BCUT2D eigenvalue weighted by Crippen LogP contribution is -2.60. The van der Waals surface area contributed by atoms with E-state index in [4.69, 9.17) is 9.47 Å². The van der Waals surface area contributed by atoms with E-state index in [2.05, 4.69) is 92.1 Å². The summed E-state index contributed by atoms with van der Waals surface area (Å²) in [5.41, 5.74) is 0. The summed E-state index contributed by atoms with van der Waals surface area (Å²) in [6.07, 6.45) is 98.8. The number of hydrogen-bond donors (Lipinski definition) is 6. The minimum atomic E-state index is -1.57. The van der Waals surface area contributed by atoms with Gasteiger partial charge in [-0.15, -0.1) is 0 Å². The lowest BCUT2D eigenvalue weighted by atomic mass is 9.99. The SMILES string of the molecule is CC/C=C\C/C=C\C/C=C\C/C=C\C/C=C\C/C=C\CCCCCCCCCCCCCCCCCCCCCCCCC(=O)NC(COC1OC(CO)C(O)C(O)C1O)C(O)/C=C/CCCCCCCCCCCCCCCCCCCCCCCCCCCCCC. The molecule has 0 aromatic heterocycles. The second-order valence-corrected chi connectivity index (χ2v) is 28.2. The zero-order valence-corrected chi connectivity index (χ0v) is 61.7. The van der Waals surface area contributed by atoms with Crippen molar-refractivity contribution in [1.82, 2.24) is 5.32 Å². The molecule has 0 aliphatic carbocycles.